The lowest BCUT2D eigenvalue weighted by Crippen LogP contribution is -2.32. The molecule has 14 heavy (non-hydrogen) atoms. The van der Waals surface area contributed by atoms with Gasteiger partial charge >= 0.3 is 0 Å². The van der Waals surface area contributed by atoms with Crippen molar-refractivity contribution in [3.05, 3.63) is 4.77 Å². The minimum atomic E-state index is -0.399. The number of H-pyrrole nitrogens is 1. The lowest BCUT2D eigenvalue weighted by Gasteiger charge is -2.11. The summed E-state index contributed by atoms with van der Waals surface area (Å²) in [5.41, 5.74) is 0. The number of carbonyl (C=O) groups excluding carboxylic acids is 1. The molecule has 0 radical (unpaired) electrons. The number of tetrazole rings is 1. The Balaban J connectivity index is 2.66. The van der Waals surface area contributed by atoms with Crippen molar-refractivity contribution < 1.29 is 4.79 Å². The molecule has 0 aromatic carbocycles. The molecule has 6 nitrogen and oxygen atoms in total. The maximum absolute atomic E-state index is 11.5. The summed E-state index contributed by atoms with van der Waals surface area (Å²) in [4.78, 5) is 11.5. The molecule has 0 bridgehead atoms. The Labute approximate surface area is 86.7 Å². The van der Waals surface area contributed by atoms with Crippen LogP contribution < -0.4 is 5.32 Å². The Morgan fingerprint density at radius 1 is 1.79 bits per heavy atom. The van der Waals surface area contributed by atoms with Gasteiger partial charge in [-0.15, -0.1) is 0 Å². The number of hydrogen-bond acceptors (Lipinski definition) is 4. The van der Waals surface area contributed by atoms with Crippen LogP contribution in [-0.4, -0.2) is 32.7 Å². The third-order valence-corrected chi connectivity index (χ3v) is 2.09. The lowest BCUT2D eigenvalue weighted by atomic mass is 10.3. The van der Waals surface area contributed by atoms with Gasteiger partial charge in [-0.05, 0) is 25.6 Å². The second kappa shape index (κ2) is 4.85. The third-order valence-electron chi connectivity index (χ3n) is 1.81. The molecule has 0 spiro atoms. The Hall–Kier alpha value is -1.24. The van der Waals surface area contributed by atoms with Crippen molar-refractivity contribution in [1.82, 2.24) is 25.5 Å². The highest BCUT2D eigenvalue weighted by Crippen LogP contribution is 2.02. The monoisotopic (exact) mass is 215 g/mol. The van der Waals surface area contributed by atoms with E-state index in [0.717, 1.165) is 6.42 Å². The van der Waals surface area contributed by atoms with Crippen LogP contribution in [0.2, 0.25) is 0 Å². The minimum Gasteiger partial charge on any atom is -0.354 e. The summed E-state index contributed by atoms with van der Waals surface area (Å²) in [6.07, 6.45) is 0.908. The molecule has 0 aliphatic rings. The van der Waals surface area contributed by atoms with Crippen molar-refractivity contribution in [3.63, 3.8) is 0 Å². The van der Waals surface area contributed by atoms with Crippen molar-refractivity contribution in [1.29, 1.82) is 0 Å². The first-order valence-corrected chi connectivity index (χ1v) is 4.85. The van der Waals surface area contributed by atoms with E-state index in [1.54, 1.807) is 6.92 Å². The van der Waals surface area contributed by atoms with Gasteiger partial charge in [0.05, 0.1) is 0 Å². The second-order valence-electron chi connectivity index (χ2n) is 2.92. The average molecular weight is 215 g/mol. The van der Waals surface area contributed by atoms with Crippen LogP contribution in [0.15, 0.2) is 0 Å². The third kappa shape index (κ3) is 2.38. The summed E-state index contributed by atoms with van der Waals surface area (Å²) in [5.74, 6) is -0.0889. The van der Waals surface area contributed by atoms with Crippen molar-refractivity contribution in [2.75, 3.05) is 6.54 Å². The minimum absolute atomic E-state index is 0.0889. The second-order valence-corrected chi connectivity index (χ2v) is 3.28. The standard InChI is InChI=1S/C7H13N5OS/c1-3-4-8-6(13)5(2)12-7(14)9-10-11-12/h5H,3-4H2,1-2H3,(H,8,13)(H,9,11,14). The van der Waals surface area contributed by atoms with Gasteiger partial charge in [0.2, 0.25) is 10.7 Å². The number of nitrogens with one attached hydrogen (secondary N) is 2. The highest BCUT2D eigenvalue weighted by atomic mass is 32.1. The zero-order valence-electron chi connectivity index (χ0n) is 8.15. The number of amides is 1. The summed E-state index contributed by atoms with van der Waals surface area (Å²) >= 11 is 4.87. The van der Waals surface area contributed by atoms with E-state index in [1.165, 1.54) is 4.68 Å². The molecule has 1 rings (SSSR count). The summed E-state index contributed by atoms with van der Waals surface area (Å²) in [5, 5.41) is 12.4. The van der Waals surface area contributed by atoms with E-state index in [-0.39, 0.29) is 10.7 Å². The van der Waals surface area contributed by atoms with E-state index in [1.807, 2.05) is 6.92 Å². The molecule has 0 saturated carbocycles. The van der Waals surface area contributed by atoms with Gasteiger partial charge in [-0.3, -0.25) is 4.79 Å². The summed E-state index contributed by atoms with van der Waals surface area (Å²) in [7, 11) is 0. The van der Waals surface area contributed by atoms with Crippen LogP contribution in [0.5, 0.6) is 0 Å². The highest BCUT2D eigenvalue weighted by Gasteiger charge is 2.15. The molecular weight excluding hydrogens is 202 g/mol. The van der Waals surface area contributed by atoms with Crippen LogP contribution in [0.1, 0.15) is 26.3 Å². The molecular formula is C7H13N5OS. The highest BCUT2D eigenvalue weighted by molar-refractivity contribution is 7.71. The van der Waals surface area contributed by atoms with Crippen LogP contribution in [0.4, 0.5) is 0 Å². The van der Waals surface area contributed by atoms with E-state index < -0.39 is 6.04 Å². The van der Waals surface area contributed by atoms with Crippen LogP contribution in [0.25, 0.3) is 0 Å². The number of rotatable bonds is 4. The molecule has 0 aliphatic carbocycles. The smallest absolute Gasteiger partial charge is 0.244 e. The normalized spacial score (nSPS) is 12.4. The molecule has 1 heterocycles. The lowest BCUT2D eigenvalue weighted by molar-refractivity contribution is -0.124. The summed E-state index contributed by atoms with van der Waals surface area (Å²) < 4.78 is 1.73. The molecule has 1 amide bonds. The molecule has 1 aromatic heterocycles. The zero-order valence-corrected chi connectivity index (χ0v) is 8.97. The zero-order chi connectivity index (χ0) is 10.6. The van der Waals surface area contributed by atoms with E-state index in [2.05, 4.69) is 20.8 Å². The summed E-state index contributed by atoms with van der Waals surface area (Å²) in [6, 6.07) is -0.399. The number of hydrogen-bond donors (Lipinski definition) is 2. The fraction of sp³-hybridized carbons (Fsp3) is 0.714. The number of carbonyl (C=O) groups is 1. The molecule has 0 aliphatic heterocycles. The van der Waals surface area contributed by atoms with Gasteiger partial charge in [0.1, 0.15) is 6.04 Å². The molecule has 78 valence electrons. The summed E-state index contributed by atoms with van der Waals surface area (Å²) in [6.45, 7) is 4.40. The maximum Gasteiger partial charge on any atom is 0.244 e. The van der Waals surface area contributed by atoms with Gasteiger partial charge in [0.15, 0.2) is 0 Å². The van der Waals surface area contributed by atoms with Crippen molar-refractivity contribution in [2.45, 2.75) is 26.3 Å². The first-order chi connectivity index (χ1) is 6.66. The molecule has 1 aromatic rings. The van der Waals surface area contributed by atoms with Crippen LogP contribution >= 0.6 is 12.2 Å². The number of aromatic amines is 1. The Kier molecular flexibility index (Phi) is 3.75. The Morgan fingerprint density at radius 2 is 2.50 bits per heavy atom. The van der Waals surface area contributed by atoms with Gasteiger partial charge < -0.3 is 5.32 Å². The van der Waals surface area contributed by atoms with E-state index in [9.17, 15) is 4.79 Å². The molecule has 0 fully saturated rings. The number of aromatic nitrogens is 4. The van der Waals surface area contributed by atoms with E-state index in [4.69, 9.17) is 12.2 Å². The van der Waals surface area contributed by atoms with Gasteiger partial charge in [-0.25, -0.2) is 4.68 Å². The number of nitrogens with zero attached hydrogens (tertiary/aromatic N) is 3. The first kappa shape index (κ1) is 10.8. The van der Waals surface area contributed by atoms with Crippen LogP contribution in [0, 0.1) is 4.77 Å². The molecule has 0 saturated heterocycles. The predicted molar refractivity (Wildman–Crippen MR) is 53.2 cm³/mol. The topological polar surface area (TPSA) is 75.6 Å². The van der Waals surface area contributed by atoms with E-state index in [0.29, 0.717) is 6.54 Å². The van der Waals surface area contributed by atoms with Gasteiger partial charge in [0, 0.05) is 6.54 Å². The first-order valence-electron chi connectivity index (χ1n) is 4.44. The largest absolute Gasteiger partial charge is 0.354 e. The quantitative estimate of drug-likeness (QED) is 0.714. The average Bonchev–Trinajstić information content (AvgIpc) is 2.59. The predicted octanol–water partition coefficient (Wildman–Crippen LogP) is 0.423. The van der Waals surface area contributed by atoms with Crippen molar-refractivity contribution in [3.8, 4) is 0 Å². The molecule has 7 heteroatoms. The van der Waals surface area contributed by atoms with Crippen molar-refractivity contribution in [2.24, 2.45) is 0 Å². The molecule has 1 atom stereocenters. The fourth-order valence-electron chi connectivity index (χ4n) is 0.970. The van der Waals surface area contributed by atoms with Gasteiger partial charge in [-0.1, -0.05) is 17.2 Å². The SMILES string of the molecule is CCCNC(=O)C(C)n1[nH]nnc1=S. The van der Waals surface area contributed by atoms with Crippen LogP contribution in [-0.2, 0) is 4.79 Å². The van der Waals surface area contributed by atoms with Gasteiger partial charge in [0.25, 0.3) is 0 Å². The molecule has 1 unspecified atom stereocenters. The molecule has 2 N–H and O–H groups in total. The van der Waals surface area contributed by atoms with Crippen LogP contribution in [0.3, 0.4) is 0 Å². The van der Waals surface area contributed by atoms with E-state index >= 15 is 0 Å². The fourth-order valence-corrected chi connectivity index (χ4v) is 1.21. The maximum atomic E-state index is 11.5. The Bertz CT molecular complexity index is 357. The Morgan fingerprint density at radius 3 is 3.00 bits per heavy atom. The van der Waals surface area contributed by atoms with Gasteiger partial charge in [-0.2, -0.15) is 5.21 Å². The van der Waals surface area contributed by atoms with Crippen molar-refractivity contribution >= 4 is 18.1 Å².